The van der Waals surface area contributed by atoms with E-state index < -0.39 is 0 Å². The summed E-state index contributed by atoms with van der Waals surface area (Å²) >= 11 is 11.7. The van der Waals surface area contributed by atoms with Gasteiger partial charge >= 0.3 is 0 Å². The van der Waals surface area contributed by atoms with Crippen LogP contribution in [0.2, 0.25) is 10.0 Å². The molecule has 0 aliphatic carbocycles. The average molecular weight is 359 g/mol. The van der Waals surface area contributed by atoms with E-state index in [1.54, 1.807) is 12.2 Å². The molecule has 0 unspecified atom stereocenters. The zero-order valence-electron chi connectivity index (χ0n) is 12.0. The molecule has 0 aliphatic rings. The highest BCUT2D eigenvalue weighted by molar-refractivity contribution is 6.30. The summed E-state index contributed by atoms with van der Waals surface area (Å²) in [6.07, 6.45) is 7.29. The van der Waals surface area contributed by atoms with E-state index in [0.29, 0.717) is 21.8 Å². The zero-order chi connectivity index (χ0) is 16.1. The van der Waals surface area contributed by atoms with Crippen molar-refractivity contribution < 1.29 is 4.42 Å². The number of benzene rings is 2. The third-order valence-electron chi connectivity index (χ3n) is 3.03. The molecule has 1 heterocycles. The summed E-state index contributed by atoms with van der Waals surface area (Å²) in [5, 5.41) is 9.35. The van der Waals surface area contributed by atoms with Gasteiger partial charge in [-0.1, -0.05) is 54.9 Å². The summed E-state index contributed by atoms with van der Waals surface area (Å²) in [4.78, 5) is 0. The van der Waals surface area contributed by atoms with Crippen LogP contribution in [-0.4, -0.2) is 10.2 Å². The second-order valence-corrected chi connectivity index (χ2v) is 5.62. The van der Waals surface area contributed by atoms with Crippen LogP contribution >= 0.6 is 23.2 Å². The van der Waals surface area contributed by atoms with Crippen LogP contribution in [0.15, 0.2) is 52.9 Å². The number of rotatable bonds is 4. The first-order valence-corrected chi connectivity index (χ1v) is 7.65. The lowest BCUT2D eigenvalue weighted by Crippen LogP contribution is -1.73. The van der Waals surface area contributed by atoms with Crippen molar-refractivity contribution >= 4 is 47.5 Å². The van der Waals surface area contributed by atoms with E-state index >= 15 is 0 Å². The fourth-order valence-electron chi connectivity index (χ4n) is 1.86. The minimum atomic E-state index is 0. The van der Waals surface area contributed by atoms with E-state index in [1.807, 2.05) is 60.7 Å². The maximum atomic E-state index is 5.85. The Bertz CT molecular complexity index is 765. The minimum absolute atomic E-state index is 0. The third-order valence-corrected chi connectivity index (χ3v) is 3.54. The first kappa shape index (κ1) is 18.0. The topological polar surface area (TPSA) is 38.9 Å². The Balaban J connectivity index is 0.00000208. The molecule has 0 aliphatic heterocycles. The van der Waals surface area contributed by atoms with Gasteiger partial charge in [0.25, 0.3) is 0 Å². The third kappa shape index (κ3) is 5.08. The maximum Gasteiger partial charge on any atom is 0.240 e. The van der Waals surface area contributed by atoms with Crippen molar-refractivity contribution in [3.8, 4) is 0 Å². The molecule has 122 valence electrons. The number of hydrogen-bond acceptors (Lipinski definition) is 3. The molecule has 0 saturated heterocycles. The molecule has 0 fully saturated rings. The van der Waals surface area contributed by atoms with Gasteiger partial charge in [-0.25, -0.2) is 0 Å². The Morgan fingerprint density at radius 3 is 1.38 bits per heavy atom. The smallest absolute Gasteiger partial charge is 0.240 e. The van der Waals surface area contributed by atoms with E-state index in [-0.39, 0.29) is 7.43 Å². The summed E-state index contributed by atoms with van der Waals surface area (Å²) in [6, 6.07) is 15.0. The largest absolute Gasteiger partial charge is 0.417 e. The van der Waals surface area contributed by atoms with Gasteiger partial charge in [0.05, 0.1) is 0 Å². The van der Waals surface area contributed by atoms with Gasteiger partial charge in [0.15, 0.2) is 0 Å². The number of halogens is 2. The molecule has 2 aromatic carbocycles. The quantitative estimate of drug-likeness (QED) is 0.545. The van der Waals surface area contributed by atoms with Crippen LogP contribution in [0.4, 0.5) is 0 Å². The standard InChI is InChI=1S/C18H12Cl2N2O.CH4/c19-15-7-1-13(2-8-15)5-11-17-21-22-18(23-17)12-6-14-3-9-16(20)10-4-14;/h1-12H;1H4/b11-5+,12-6+;. The molecule has 0 saturated carbocycles. The highest BCUT2D eigenvalue weighted by atomic mass is 35.5. The minimum Gasteiger partial charge on any atom is -0.417 e. The lowest BCUT2D eigenvalue weighted by molar-refractivity contribution is 0.533. The monoisotopic (exact) mass is 358 g/mol. The van der Waals surface area contributed by atoms with Gasteiger partial charge in [-0.05, 0) is 47.5 Å². The molecular weight excluding hydrogens is 343 g/mol. The van der Waals surface area contributed by atoms with E-state index in [2.05, 4.69) is 10.2 Å². The molecule has 0 N–H and O–H groups in total. The highest BCUT2D eigenvalue weighted by Crippen LogP contribution is 2.14. The lowest BCUT2D eigenvalue weighted by Gasteiger charge is -1.92. The summed E-state index contributed by atoms with van der Waals surface area (Å²) in [6.45, 7) is 0. The molecule has 24 heavy (non-hydrogen) atoms. The summed E-state index contributed by atoms with van der Waals surface area (Å²) in [5.41, 5.74) is 2.01. The second kappa shape index (κ2) is 8.48. The van der Waals surface area contributed by atoms with Crippen LogP contribution in [0.5, 0.6) is 0 Å². The van der Waals surface area contributed by atoms with Crippen LogP contribution in [-0.2, 0) is 0 Å². The van der Waals surface area contributed by atoms with E-state index in [1.165, 1.54) is 0 Å². The van der Waals surface area contributed by atoms with E-state index in [4.69, 9.17) is 27.6 Å². The van der Waals surface area contributed by atoms with Gasteiger partial charge < -0.3 is 4.42 Å². The Hall–Kier alpha value is -2.36. The normalized spacial score (nSPS) is 11.1. The Labute approximate surface area is 151 Å². The summed E-state index contributed by atoms with van der Waals surface area (Å²) in [7, 11) is 0. The lowest BCUT2D eigenvalue weighted by atomic mass is 10.2. The Morgan fingerprint density at radius 1 is 0.625 bits per heavy atom. The first-order valence-electron chi connectivity index (χ1n) is 6.90. The predicted octanol–water partition coefficient (Wildman–Crippen LogP) is 6.35. The molecule has 3 rings (SSSR count). The van der Waals surface area contributed by atoms with Crippen molar-refractivity contribution in [2.75, 3.05) is 0 Å². The van der Waals surface area contributed by atoms with Gasteiger partial charge in [0.1, 0.15) is 0 Å². The van der Waals surface area contributed by atoms with Crippen LogP contribution in [0, 0.1) is 0 Å². The highest BCUT2D eigenvalue weighted by Gasteiger charge is 1.99. The van der Waals surface area contributed by atoms with E-state index in [9.17, 15) is 0 Å². The number of aromatic nitrogens is 2. The fraction of sp³-hybridized carbons (Fsp3) is 0.0526. The van der Waals surface area contributed by atoms with Crippen molar-refractivity contribution in [2.24, 2.45) is 0 Å². The average Bonchev–Trinajstić information content (AvgIpc) is 3.02. The van der Waals surface area contributed by atoms with Crippen LogP contribution in [0.3, 0.4) is 0 Å². The van der Waals surface area contributed by atoms with Gasteiger partial charge in [-0.3, -0.25) is 0 Å². The predicted molar refractivity (Wildman–Crippen MR) is 102 cm³/mol. The van der Waals surface area contributed by atoms with Crippen molar-refractivity contribution in [2.45, 2.75) is 7.43 Å². The molecular formula is C19H16Cl2N2O. The summed E-state index contributed by atoms with van der Waals surface area (Å²) < 4.78 is 5.53. The van der Waals surface area contributed by atoms with Gasteiger partial charge in [0.2, 0.25) is 11.8 Å². The molecule has 0 bridgehead atoms. The number of nitrogens with zero attached hydrogens (tertiary/aromatic N) is 2. The second-order valence-electron chi connectivity index (χ2n) is 4.75. The molecule has 3 nitrogen and oxygen atoms in total. The van der Waals surface area contributed by atoms with Gasteiger partial charge in [0, 0.05) is 22.2 Å². The summed E-state index contributed by atoms with van der Waals surface area (Å²) in [5.74, 6) is 0.881. The van der Waals surface area contributed by atoms with Crippen LogP contribution < -0.4 is 0 Å². The molecule has 5 heteroatoms. The zero-order valence-corrected chi connectivity index (χ0v) is 13.5. The first-order chi connectivity index (χ1) is 11.2. The van der Waals surface area contributed by atoms with Crippen molar-refractivity contribution in [1.29, 1.82) is 0 Å². The molecule has 3 aromatic rings. The fourth-order valence-corrected chi connectivity index (χ4v) is 2.12. The van der Waals surface area contributed by atoms with Gasteiger partial charge in [-0.2, -0.15) is 0 Å². The Kier molecular flexibility index (Phi) is 6.36. The Morgan fingerprint density at radius 2 is 1.00 bits per heavy atom. The van der Waals surface area contributed by atoms with Gasteiger partial charge in [-0.15, -0.1) is 10.2 Å². The van der Waals surface area contributed by atoms with Crippen LogP contribution in [0.25, 0.3) is 24.3 Å². The molecule has 0 amide bonds. The maximum absolute atomic E-state index is 5.85. The van der Waals surface area contributed by atoms with Crippen molar-refractivity contribution in [1.82, 2.24) is 10.2 Å². The van der Waals surface area contributed by atoms with Crippen LogP contribution in [0.1, 0.15) is 30.3 Å². The number of hydrogen-bond donors (Lipinski definition) is 0. The van der Waals surface area contributed by atoms with Crippen molar-refractivity contribution in [3.05, 3.63) is 81.5 Å². The molecule has 0 spiro atoms. The molecule has 0 atom stereocenters. The van der Waals surface area contributed by atoms with E-state index in [0.717, 1.165) is 11.1 Å². The van der Waals surface area contributed by atoms with Crippen molar-refractivity contribution in [3.63, 3.8) is 0 Å². The molecule has 1 aromatic heterocycles. The molecule has 0 radical (unpaired) electrons. The SMILES string of the molecule is C.Clc1ccc(/C=C/c2nnc(/C=C/c3ccc(Cl)cc3)o2)cc1.